The Hall–Kier alpha value is -3.57. The lowest BCUT2D eigenvalue weighted by atomic mass is 9.98. The maximum Gasteiger partial charge on any atom is 0.235 e. The van der Waals surface area contributed by atoms with Gasteiger partial charge >= 0.3 is 0 Å². The molecule has 2 heterocycles. The first-order chi connectivity index (χ1) is 16.3. The normalized spacial score (nSPS) is 17.9. The van der Waals surface area contributed by atoms with Crippen LogP contribution in [0.15, 0.2) is 54.6 Å². The zero-order chi connectivity index (χ0) is 24.0. The van der Waals surface area contributed by atoms with E-state index in [0.29, 0.717) is 36.6 Å². The third-order valence-electron chi connectivity index (χ3n) is 6.65. The number of nitriles is 1. The molecule has 1 N–H and O–H groups in total. The summed E-state index contributed by atoms with van der Waals surface area (Å²) in [6, 6.07) is 18.9. The van der Waals surface area contributed by atoms with E-state index >= 15 is 0 Å². The highest BCUT2D eigenvalue weighted by Gasteiger charge is 2.38. The van der Waals surface area contributed by atoms with Crippen molar-refractivity contribution in [2.75, 3.05) is 23.1 Å². The lowest BCUT2D eigenvalue weighted by Crippen LogP contribution is -2.55. The molecular weight excluding hydrogens is 448 g/mol. The van der Waals surface area contributed by atoms with Gasteiger partial charge in [-0.2, -0.15) is 5.26 Å². The van der Waals surface area contributed by atoms with Crippen LogP contribution in [0.4, 0.5) is 5.69 Å². The number of nitrogens with one attached hydrogen (secondary N) is 1. The van der Waals surface area contributed by atoms with Gasteiger partial charge in [-0.1, -0.05) is 18.2 Å². The highest BCUT2D eigenvalue weighted by molar-refractivity contribution is 7.92. The molecule has 34 heavy (non-hydrogen) atoms. The Morgan fingerprint density at radius 2 is 1.88 bits per heavy atom. The summed E-state index contributed by atoms with van der Waals surface area (Å²) < 4.78 is 33.9. The van der Waals surface area contributed by atoms with Crippen LogP contribution < -0.4 is 9.04 Å². The number of likely N-dealkylation sites (tertiary alicyclic amines) is 1. The predicted molar refractivity (Wildman–Crippen MR) is 133 cm³/mol. The maximum atomic E-state index is 13.2. The summed E-state index contributed by atoms with van der Waals surface area (Å²) >= 11 is 0. The van der Waals surface area contributed by atoms with Crippen molar-refractivity contribution in [1.82, 2.24) is 4.90 Å². The van der Waals surface area contributed by atoms with Gasteiger partial charge in [0.2, 0.25) is 10.0 Å². The lowest BCUT2D eigenvalue weighted by molar-refractivity contribution is 0.0667. The van der Waals surface area contributed by atoms with Crippen molar-refractivity contribution in [3.63, 3.8) is 0 Å². The molecule has 7 nitrogen and oxygen atoms in total. The standard InChI is InChI=1S/C26H26N4O3S/c1-3-34(31,32)30-25-9-8-23(33-24-15-29(16-24)17(2)28)12-22(25)13-26(30)20-7-6-19-5-4-18(14-27)10-21(19)11-20/h4-12,24,26,28H,3,13,15-16H2,1-2H3. The highest BCUT2D eigenvalue weighted by atomic mass is 32.2. The molecule has 0 saturated carbocycles. The van der Waals surface area contributed by atoms with Crippen LogP contribution in [0.1, 0.15) is 36.6 Å². The van der Waals surface area contributed by atoms with Crippen molar-refractivity contribution in [3.05, 3.63) is 71.3 Å². The summed E-state index contributed by atoms with van der Waals surface area (Å²) in [4.78, 5) is 1.95. The third-order valence-corrected chi connectivity index (χ3v) is 8.43. The molecule has 0 radical (unpaired) electrons. The zero-order valence-corrected chi connectivity index (χ0v) is 20.0. The average Bonchev–Trinajstić information content (AvgIpc) is 3.19. The van der Waals surface area contributed by atoms with Crippen LogP contribution in [-0.4, -0.2) is 44.1 Å². The largest absolute Gasteiger partial charge is 0.487 e. The fourth-order valence-electron chi connectivity index (χ4n) is 4.73. The van der Waals surface area contributed by atoms with Gasteiger partial charge in [0.25, 0.3) is 0 Å². The van der Waals surface area contributed by atoms with Crippen LogP contribution in [0.5, 0.6) is 5.75 Å². The molecule has 5 rings (SSSR count). The van der Waals surface area contributed by atoms with Gasteiger partial charge < -0.3 is 9.64 Å². The van der Waals surface area contributed by atoms with Gasteiger partial charge in [0.15, 0.2) is 0 Å². The van der Waals surface area contributed by atoms with E-state index in [4.69, 9.17) is 10.1 Å². The topological polar surface area (TPSA) is 97.5 Å². The van der Waals surface area contributed by atoms with E-state index in [9.17, 15) is 13.7 Å². The molecule has 1 unspecified atom stereocenters. The number of nitrogens with zero attached hydrogens (tertiary/aromatic N) is 3. The van der Waals surface area contributed by atoms with E-state index < -0.39 is 10.0 Å². The molecule has 1 atom stereocenters. The number of benzene rings is 3. The Morgan fingerprint density at radius 3 is 2.59 bits per heavy atom. The lowest BCUT2D eigenvalue weighted by Gasteiger charge is -2.39. The fraction of sp³-hybridized carbons (Fsp3) is 0.308. The van der Waals surface area contributed by atoms with Crippen LogP contribution in [0.25, 0.3) is 10.8 Å². The van der Waals surface area contributed by atoms with E-state index in [0.717, 1.165) is 27.6 Å². The summed E-state index contributed by atoms with van der Waals surface area (Å²) in [5.74, 6) is 1.26. The number of sulfonamides is 1. The molecule has 0 aliphatic carbocycles. The van der Waals surface area contributed by atoms with Gasteiger partial charge in [-0.15, -0.1) is 0 Å². The van der Waals surface area contributed by atoms with Gasteiger partial charge in [-0.3, -0.25) is 9.71 Å². The molecule has 2 aliphatic rings. The summed E-state index contributed by atoms with van der Waals surface area (Å²) in [6.45, 7) is 4.80. The van der Waals surface area contributed by atoms with Gasteiger partial charge in [-0.05, 0) is 72.1 Å². The van der Waals surface area contributed by atoms with Crippen LogP contribution in [0.2, 0.25) is 0 Å². The van der Waals surface area contributed by atoms with Crippen molar-refractivity contribution in [3.8, 4) is 11.8 Å². The molecule has 174 valence electrons. The maximum absolute atomic E-state index is 13.2. The van der Waals surface area contributed by atoms with Crippen LogP contribution in [0.3, 0.4) is 0 Å². The number of fused-ring (bicyclic) bond motifs is 2. The van der Waals surface area contributed by atoms with E-state index in [2.05, 4.69) is 6.07 Å². The molecule has 1 saturated heterocycles. The second-order valence-electron chi connectivity index (χ2n) is 8.87. The van der Waals surface area contributed by atoms with Gasteiger partial charge in [-0.25, -0.2) is 8.42 Å². The molecular formula is C26H26N4O3S. The highest BCUT2D eigenvalue weighted by Crippen LogP contribution is 2.44. The Morgan fingerprint density at radius 1 is 1.12 bits per heavy atom. The molecule has 8 heteroatoms. The molecule has 0 aromatic heterocycles. The second-order valence-corrected chi connectivity index (χ2v) is 11.0. The Labute approximate surface area is 199 Å². The van der Waals surface area contributed by atoms with E-state index in [1.807, 2.05) is 53.4 Å². The number of rotatable bonds is 5. The van der Waals surface area contributed by atoms with Crippen LogP contribution >= 0.6 is 0 Å². The quantitative estimate of drug-likeness (QED) is 0.441. The number of hydrogen-bond acceptors (Lipinski definition) is 5. The Balaban J connectivity index is 1.48. The Bertz CT molecular complexity index is 1440. The first kappa shape index (κ1) is 22.2. The first-order valence-electron chi connectivity index (χ1n) is 11.3. The molecule has 0 amide bonds. The van der Waals surface area contributed by atoms with Crippen LogP contribution in [0, 0.1) is 16.7 Å². The predicted octanol–water partition coefficient (Wildman–Crippen LogP) is 4.23. The number of hydrogen-bond donors (Lipinski definition) is 1. The van der Waals surface area contributed by atoms with Gasteiger partial charge in [0.05, 0.1) is 48.0 Å². The van der Waals surface area contributed by atoms with Gasteiger partial charge in [0, 0.05) is 6.42 Å². The SMILES string of the molecule is CCS(=O)(=O)N1c2ccc(OC3CN(C(C)=N)C3)cc2CC1c1ccc2ccc(C#N)cc2c1. The fourth-order valence-corrected chi connectivity index (χ4v) is 6.07. The van der Waals surface area contributed by atoms with E-state index in [1.54, 1.807) is 24.2 Å². The average molecular weight is 475 g/mol. The van der Waals surface area contributed by atoms with Crippen LogP contribution in [-0.2, 0) is 16.4 Å². The number of anilines is 1. The number of ether oxygens (including phenoxy) is 1. The summed E-state index contributed by atoms with van der Waals surface area (Å²) in [5.41, 5.74) is 3.10. The van der Waals surface area contributed by atoms with Crippen molar-refractivity contribution in [2.24, 2.45) is 0 Å². The third kappa shape index (κ3) is 3.86. The molecule has 1 fully saturated rings. The summed E-state index contributed by atoms with van der Waals surface area (Å²) in [6.07, 6.45) is 0.576. The van der Waals surface area contributed by atoms with E-state index in [1.165, 1.54) is 0 Å². The molecule has 0 bridgehead atoms. The number of amidine groups is 1. The Kier molecular flexibility index (Phi) is 5.45. The second kappa shape index (κ2) is 8.33. The minimum absolute atomic E-state index is 0.00817. The molecule has 0 spiro atoms. The zero-order valence-electron chi connectivity index (χ0n) is 19.2. The molecule has 3 aromatic rings. The molecule has 2 aliphatic heterocycles. The molecule has 3 aromatic carbocycles. The van der Waals surface area contributed by atoms with Crippen molar-refractivity contribution in [2.45, 2.75) is 32.4 Å². The van der Waals surface area contributed by atoms with Crippen molar-refractivity contribution >= 4 is 32.3 Å². The van der Waals surface area contributed by atoms with E-state index in [-0.39, 0.29) is 17.9 Å². The van der Waals surface area contributed by atoms with Gasteiger partial charge in [0.1, 0.15) is 11.9 Å². The summed E-state index contributed by atoms with van der Waals surface area (Å²) in [5, 5.41) is 18.9. The minimum atomic E-state index is -3.51. The van der Waals surface area contributed by atoms with Crippen molar-refractivity contribution < 1.29 is 13.2 Å². The monoisotopic (exact) mass is 474 g/mol. The first-order valence-corrected chi connectivity index (χ1v) is 13.0. The summed E-state index contributed by atoms with van der Waals surface area (Å²) in [7, 11) is -3.51. The smallest absolute Gasteiger partial charge is 0.235 e. The van der Waals surface area contributed by atoms with Crippen molar-refractivity contribution in [1.29, 1.82) is 10.7 Å². The minimum Gasteiger partial charge on any atom is -0.487 e.